The summed E-state index contributed by atoms with van der Waals surface area (Å²) >= 11 is 4.56. The van der Waals surface area contributed by atoms with Gasteiger partial charge in [0.2, 0.25) is 0 Å². The van der Waals surface area contributed by atoms with E-state index in [1.807, 2.05) is 6.92 Å². The SMILES string of the molecule is CCOC(=O)C1(C(=O)OCC)CCC2(CC1)OCCO2.CCOC(=O)C1CCC2(CC1)OCCO2.O=C(Cl)OCO. The van der Waals surface area contributed by atoms with Gasteiger partial charge in [-0.15, -0.1) is 0 Å². The van der Waals surface area contributed by atoms with Gasteiger partial charge in [0.05, 0.1) is 52.2 Å². The zero-order valence-corrected chi connectivity index (χ0v) is 24.9. The number of aliphatic hydroxyl groups excluding tert-OH is 1. The summed E-state index contributed by atoms with van der Waals surface area (Å²) in [5.41, 5.74) is -2.19. The Balaban J connectivity index is 0.000000246. The Bertz CT molecular complexity index is 812. The fourth-order valence-electron chi connectivity index (χ4n) is 5.26. The third-order valence-corrected chi connectivity index (χ3v) is 7.48. The summed E-state index contributed by atoms with van der Waals surface area (Å²) in [5.74, 6) is -2.00. The normalized spacial score (nSPS) is 23.3. The molecule has 0 radical (unpaired) electrons. The topological polar surface area (TPSA) is 162 Å². The fourth-order valence-corrected chi connectivity index (χ4v) is 5.31. The van der Waals surface area contributed by atoms with E-state index in [0.717, 1.165) is 25.7 Å². The number of carbonyl (C=O) groups excluding carboxylic acids is 4. The highest BCUT2D eigenvalue weighted by molar-refractivity contribution is 6.61. The molecule has 2 aliphatic heterocycles. The summed E-state index contributed by atoms with van der Waals surface area (Å²) in [4.78, 5) is 45.4. The Morgan fingerprint density at radius 2 is 1.10 bits per heavy atom. The summed E-state index contributed by atoms with van der Waals surface area (Å²) in [5, 5.41) is 7.71. The van der Waals surface area contributed by atoms with Gasteiger partial charge in [0, 0.05) is 37.3 Å². The van der Waals surface area contributed by atoms with Crippen LogP contribution in [0.15, 0.2) is 0 Å². The molecular weight excluding hydrogens is 568 g/mol. The van der Waals surface area contributed by atoms with Gasteiger partial charge in [-0.25, -0.2) is 4.79 Å². The molecule has 0 unspecified atom stereocenters. The standard InChI is InChI=1S/C14H22O6.C11H18O4.C2H3ClO3/c1-3-17-11(15)13(12(16)18-4-2)5-7-14(8-6-13)19-9-10-20-14;1-2-13-10(12)9-3-5-11(6-4-9)14-7-8-15-11;3-2(5)6-1-4/h3-10H2,1-2H3;9H,2-8H2,1H3;4H,1H2. The van der Waals surface area contributed by atoms with Crippen LogP contribution in [0.2, 0.25) is 0 Å². The molecule has 0 bridgehead atoms. The Kier molecular flexibility index (Phi) is 14.7. The maximum absolute atomic E-state index is 12.2. The number of ether oxygens (including phenoxy) is 8. The first-order valence-electron chi connectivity index (χ1n) is 14.1. The van der Waals surface area contributed by atoms with Crippen LogP contribution in [0.5, 0.6) is 0 Å². The van der Waals surface area contributed by atoms with Crippen molar-refractivity contribution in [1.29, 1.82) is 0 Å². The first-order valence-corrected chi connectivity index (χ1v) is 14.5. The van der Waals surface area contributed by atoms with Crippen LogP contribution in [-0.4, -0.2) is 93.1 Å². The van der Waals surface area contributed by atoms with Crippen LogP contribution in [0.1, 0.15) is 72.1 Å². The molecule has 0 aromatic heterocycles. The van der Waals surface area contributed by atoms with Gasteiger partial charge in [0.25, 0.3) is 0 Å². The molecule has 1 N–H and O–H groups in total. The van der Waals surface area contributed by atoms with Crippen molar-refractivity contribution in [1.82, 2.24) is 0 Å². The quantitative estimate of drug-likeness (QED) is 0.147. The number of hydrogen-bond acceptors (Lipinski definition) is 13. The molecule has 4 rings (SSSR count). The minimum atomic E-state index is -1.20. The second-order valence-corrected chi connectivity index (χ2v) is 10.1. The fraction of sp³-hybridized carbons (Fsp3) is 0.852. The van der Waals surface area contributed by atoms with Crippen molar-refractivity contribution in [2.45, 2.75) is 83.7 Å². The van der Waals surface area contributed by atoms with Gasteiger partial charge in [-0.05, 0) is 46.5 Å². The molecule has 4 aliphatic rings. The molecule has 0 atom stereocenters. The second kappa shape index (κ2) is 17.2. The van der Waals surface area contributed by atoms with Gasteiger partial charge in [0.1, 0.15) is 0 Å². The Hall–Kier alpha value is -2.03. The highest BCUT2D eigenvalue weighted by Crippen LogP contribution is 2.46. The van der Waals surface area contributed by atoms with Crippen molar-refractivity contribution < 1.29 is 62.2 Å². The number of esters is 3. The average molecular weight is 611 g/mol. The first kappa shape index (κ1) is 35.2. The molecule has 2 saturated carbocycles. The zero-order chi connectivity index (χ0) is 30.4. The largest absolute Gasteiger partial charge is 0.466 e. The highest BCUT2D eigenvalue weighted by Gasteiger charge is 2.56. The van der Waals surface area contributed by atoms with E-state index in [-0.39, 0.29) is 30.9 Å². The molecule has 41 heavy (non-hydrogen) atoms. The van der Waals surface area contributed by atoms with E-state index in [1.54, 1.807) is 13.8 Å². The summed E-state index contributed by atoms with van der Waals surface area (Å²) in [7, 11) is 0. The predicted molar refractivity (Wildman–Crippen MR) is 141 cm³/mol. The number of halogens is 1. The van der Waals surface area contributed by atoms with Crippen molar-refractivity contribution >= 4 is 34.9 Å². The van der Waals surface area contributed by atoms with E-state index >= 15 is 0 Å². The van der Waals surface area contributed by atoms with Crippen molar-refractivity contribution in [3.8, 4) is 0 Å². The molecule has 0 aromatic rings. The van der Waals surface area contributed by atoms with Crippen molar-refractivity contribution in [3.63, 3.8) is 0 Å². The molecule has 2 aliphatic carbocycles. The number of carbonyl (C=O) groups is 4. The summed E-state index contributed by atoms with van der Waals surface area (Å²) < 4.78 is 41.3. The monoisotopic (exact) mass is 610 g/mol. The third kappa shape index (κ3) is 10.0. The number of hydrogen-bond donors (Lipinski definition) is 1. The summed E-state index contributed by atoms with van der Waals surface area (Å²) in [6, 6.07) is 0. The highest BCUT2D eigenvalue weighted by atomic mass is 35.5. The molecule has 13 nitrogen and oxygen atoms in total. The Morgan fingerprint density at radius 3 is 1.44 bits per heavy atom. The van der Waals surface area contributed by atoms with Gasteiger partial charge >= 0.3 is 23.3 Å². The van der Waals surface area contributed by atoms with Gasteiger partial charge in [-0.2, -0.15) is 0 Å². The van der Waals surface area contributed by atoms with E-state index in [0.29, 0.717) is 58.7 Å². The minimum Gasteiger partial charge on any atom is -0.466 e. The second-order valence-electron chi connectivity index (χ2n) is 9.78. The van der Waals surface area contributed by atoms with E-state index < -0.39 is 35.4 Å². The van der Waals surface area contributed by atoms with Gasteiger partial charge in [0.15, 0.2) is 23.8 Å². The number of rotatable bonds is 7. The molecule has 2 heterocycles. The Morgan fingerprint density at radius 1 is 0.683 bits per heavy atom. The summed E-state index contributed by atoms with van der Waals surface area (Å²) in [6.45, 7) is 8.10. The van der Waals surface area contributed by atoms with Crippen LogP contribution >= 0.6 is 11.6 Å². The first-order chi connectivity index (χ1) is 19.6. The van der Waals surface area contributed by atoms with Crippen LogP contribution in [0.25, 0.3) is 0 Å². The molecule has 14 heteroatoms. The van der Waals surface area contributed by atoms with E-state index in [2.05, 4.69) is 16.3 Å². The van der Waals surface area contributed by atoms with Crippen LogP contribution in [-0.2, 0) is 52.3 Å². The summed E-state index contributed by atoms with van der Waals surface area (Å²) in [6.07, 6.45) is 4.95. The lowest BCUT2D eigenvalue weighted by atomic mass is 9.71. The smallest absolute Gasteiger partial charge is 0.405 e. The molecule has 0 aromatic carbocycles. The number of aliphatic hydroxyl groups is 1. The van der Waals surface area contributed by atoms with E-state index in [9.17, 15) is 19.2 Å². The Labute approximate surface area is 245 Å². The maximum Gasteiger partial charge on any atom is 0.405 e. The lowest BCUT2D eigenvalue weighted by molar-refractivity contribution is -0.206. The molecule has 2 spiro atoms. The molecule has 236 valence electrons. The minimum absolute atomic E-state index is 0.0448. The average Bonchev–Trinajstić information content (AvgIpc) is 3.61. The van der Waals surface area contributed by atoms with Crippen molar-refractivity contribution in [3.05, 3.63) is 0 Å². The third-order valence-electron chi connectivity index (χ3n) is 7.37. The van der Waals surface area contributed by atoms with Gasteiger partial charge in [-0.3, -0.25) is 14.4 Å². The lowest BCUT2D eigenvalue weighted by Crippen LogP contribution is -2.49. The van der Waals surface area contributed by atoms with Crippen molar-refractivity contribution in [2.24, 2.45) is 11.3 Å². The van der Waals surface area contributed by atoms with E-state index in [4.69, 9.17) is 38.3 Å². The maximum atomic E-state index is 12.2. The molecule has 0 amide bonds. The molecular formula is C27H43ClO13. The van der Waals surface area contributed by atoms with Crippen LogP contribution in [0.3, 0.4) is 0 Å². The van der Waals surface area contributed by atoms with Crippen LogP contribution < -0.4 is 0 Å². The zero-order valence-electron chi connectivity index (χ0n) is 24.1. The van der Waals surface area contributed by atoms with Crippen LogP contribution in [0, 0.1) is 11.3 Å². The van der Waals surface area contributed by atoms with Gasteiger partial charge in [-0.1, -0.05) is 0 Å². The molecule has 2 saturated heterocycles. The van der Waals surface area contributed by atoms with Gasteiger partial charge < -0.3 is 43.0 Å². The van der Waals surface area contributed by atoms with Crippen molar-refractivity contribution in [2.75, 3.05) is 53.0 Å². The van der Waals surface area contributed by atoms with E-state index in [1.165, 1.54) is 0 Å². The van der Waals surface area contributed by atoms with Crippen LogP contribution in [0.4, 0.5) is 4.79 Å². The predicted octanol–water partition coefficient (Wildman–Crippen LogP) is 3.21. The lowest BCUT2D eigenvalue weighted by Gasteiger charge is -2.40. The molecule has 4 fully saturated rings.